The van der Waals surface area contributed by atoms with E-state index >= 15 is 0 Å². The van der Waals surface area contributed by atoms with E-state index < -0.39 is 27.8 Å². The van der Waals surface area contributed by atoms with Gasteiger partial charge in [-0.15, -0.1) is 0 Å². The highest BCUT2D eigenvalue weighted by atomic mass is 31.1. The van der Waals surface area contributed by atoms with Gasteiger partial charge in [-0.1, -0.05) is 170 Å². The first-order valence-electron chi connectivity index (χ1n) is 16.9. The summed E-state index contributed by atoms with van der Waals surface area (Å²) in [5.41, 5.74) is 2.30. The molecule has 0 aliphatic rings. The van der Waals surface area contributed by atoms with Gasteiger partial charge in [0.1, 0.15) is 0 Å². The molecule has 0 aliphatic heterocycles. The van der Waals surface area contributed by atoms with Crippen molar-refractivity contribution in [2.24, 2.45) is 0 Å². The molecule has 0 saturated carbocycles. The molecule has 0 bridgehead atoms. The predicted octanol–water partition coefficient (Wildman–Crippen LogP) is 8.57. The number of hydrogen-bond donors (Lipinski definition) is 2. The van der Waals surface area contributed by atoms with Crippen molar-refractivity contribution < 1.29 is 19.8 Å². The molecule has 0 amide bonds. The van der Waals surface area contributed by atoms with Crippen molar-refractivity contribution in [1.82, 2.24) is 0 Å². The normalized spacial score (nSPS) is 11.3. The van der Waals surface area contributed by atoms with Crippen LogP contribution in [0.3, 0.4) is 0 Å². The van der Waals surface area contributed by atoms with E-state index in [1.807, 2.05) is 133 Å². The molecule has 0 aliphatic carbocycles. The third kappa shape index (κ3) is 6.07. The highest BCUT2D eigenvalue weighted by Gasteiger charge is 2.31. The van der Waals surface area contributed by atoms with Crippen LogP contribution in [-0.4, -0.2) is 22.2 Å². The zero-order chi connectivity index (χ0) is 35.6. The van der Waals surface area contributed by atoms with E-state index in [0.717, 1.165) is 53.7 Å². The zero-order valence-electron chi connectivity index (χ0n) is 27.9. The van der Waals surface area contributed by atoms with Crippen molar-refractivity contribution in [3.05, 3.63) is 193 Å². The van der Waals surface area contributed by atoms with Crippen molar-refractivity contribution in [2.75, 3.05) is 0 Å². The third-order valence-corrected chi connectivity index (χ3v) is 14.2. The molecule has 6 heteroatoms. The molecule has 0 atom stereocenters. The number of benzene rings is 8. The maximum Gasteiger partial charge on any atom is 0.336 e. The van der Waals surface area contributed by atoms with Gasteiger partial charge in [0, 0.05) is 0 Å². The third-order valence-electron chi connectivity index (χ3n) is 9.30. The van der Waals surface area contributed by atoms with Gasteiger partial charge in [0.15, 0.2) is 0 Å². The average Bonchev–Trinajstić information content (AvgIpc) is 3.19. The molecule has 0 saturated heterocycles. The van der Waals surface area contributed by atoms with Crippen molar-refractivity contribution >= 4 is 81.2 Å². The van der Waals surface area contributed by atoms with E-state index in [-0.39, 0.29) is 11.1 Å². The van der Waals surface area contributed by atoms with E-state index in [9.17, 15) is 19.8 Å². The number of rotatable bonds is 9. The second-order valence-corrected chi connectivity index (χ2v) is 16.7. The number of carbonyl (C=O) groups is 2. The van der Waals surface area contributed by atoms with E-state index in [1.54, 1.807) is 0 Å². The maximum atomic E-state index is 13.1. The average molecular weight is 711 g/mol. The number of carboxylic acid groups (broad SMARTS) is 2. The molecule has 8 rings (SSSR count). The summed E-state index contributed by atoms with van der Waals surface area (Å²) < 4.78 is 0. The van der Waals surface area contributed by atoms with Crippen LogP contribution in [-0.2, 0) is 0 Å². The van der Waals surface area contributed by atoms with Crippen molar-refractivity contribution in [1.29, 1.82) is 0 Å². The first-order valence-corrected chi connectivity index (χ1v) is 19.6. The van der Waals surface area contributed by atoms with Gasteiger partial charge in [-0.05, 0) is 92.5 Å². The topological polar surface area (TPSA) is 74.6 Å². The Kier molecular flexibility index (Phi) is 9.18. The highest BCUT2D eigenvalue weighted by Crippen LogP contribution is 2.47. The van der Waals surface area contributed by atoms with E-state index in [0.29, 0.717) is 10.8 Å². The number of carboxylic acids is 2. The van der Waals surface area contributed by atoms with E-state index in [1.165, 1.54) is 0 Å². The van der Waals surface area contributed by atoms with Crippen LogP contribution >= 0.6 is 15.8 Å². The Balaban J connectivity index is 1.62. The van der Waals surface area contributed by atoms with Crippen LogP contribution in [0.25, 0.3) is 32.7 Å². The Morgan fingerprint density at radius 1 is 0.346 bits per heavy atom. The Bertz CT molecular complexity index is 2310. The predicted molar refractivity (Wildman–Crippen MR) is 218 cm³/mol. The Morgan fingerprint density at radius 2 is 0.596 bits per heavy atom. The molecular formula is C46H32O4P2. The van der Waals surface area contributed by atoms with E-state index in [2.05, 4.69) is 48.5 Å². The molecule has 0 aromatic heterocycles. The molecule has 0 heterocycles. The Hall–Kier alpha value is -5.92. The smallest absolute Gasteiger partial charge is 0.336 e. The molecular weight excluding hydrogens is 678 g/mol. The Labute approximate surface area is 304 Å². The lowest BCUT2D eigenvalue weighted by atomic mass is 9.90. The maximum absolute atomic E-state index is 13.1. The van der Waals surface area contributed by atoms with Gasteiger partial charge >= 0.3 is 11.9 Å². The minimum Gasteiger partial charge on any atom is -0.478 e. The monoisotopic (exact) mass is 710 g/mol. The fourth-order valence-corrected chi connectivity index (χ4v) is 12.1. The number of aromatic carboxylic acids is 2. The van der Waals surface area contributed by atoms with Crippen molar-refractivity contribution in [2.45, 2.75) is 0 Å². The number of hydrogen-bond acceptors (Lipinski definition) is 2. The van der Waals surface area contributed by atoms with Gasteiger partial charge in [-0.25, -0.2) is 9.59 Å². The summed E-state index contributed by atoms with van der Waals surface area (Å²) in [5.74, 6) is -2.00. The van der Waals surface area contributed by atoms with Gasteiger partial charge < -0.3 is 10.2 Å². The second kappa shape index (κ2) is 14.4. The van der Waals surface area contributed by atoms with Crippen LogP contribution in [0.4, 0.5) is 0 Å². The fraction of sp³-hybridized carbons (Fsp3) is 0. The van der Waals surface area contributed by atoms with Gasteiger partial charge in [0.25, 0.3) is 0 Å². The summed E-state index contributed by atoms with van der Waals surface area (Å²) in [6.07, 6.45) is 0. The summed E-state index contributed by atoms with van der Waals surface area (Å²) in [6.45, 7) is 0. The first kappa shape index (κ1) is 33.2. The largest absolute Gasteiger partial charge is 0.478 e. The molecule has 0 unspecified atom stereocenters. The summed E-state index contributed by atoms with van der Waals surface area (Å²) in [6, 6.07) is 60.3. The van der Waals surface area contributed by atoms with Gasteiger partial charge in [-0.3, -0.25) is 0 Å². The minimum absolute atomic E-state index is 0.232. The summed E-state index contributed by atoms with van der Waals surface area (Å²) in [7, 11) is -2.59. The molecule has 2 N–H and O–H groups in total. The Morgan fingerprint density at radius 3 is 0.865 bits per heavy atom. The molecule has 52 heavy (non-hydrogen) atoms. The molecule has 250 valence electrons. The zero-order valence-corrected chi connectivity index (χ0v) is 29.7. The molecule has 0 fully saturated rings. The summed E-state index contributed by atoms with van der Waals surface area (Å²) >= 11 is 0. The lowest BCUT2D eigenvalue weighted by molar-refractivity contribution is 0.0688. The first-order chi connectivity index (χ1) is 25.5. The van der Waals surface area contributed by atoms with Crippen LogP contribution in [0.5, 0.6) is 0 Å². The molecule has 0 spiro atoms. The van der Waals surface area contributed by atoms with Crippen LogP contribution in [0.15, 0.2) is 182 Å². The van der Waals surface area contributed by atoms with Crippen LogP contribution in [0, 0.1) is 0 Å². The molecule has 0 radical (unpaired) electrons. The standard InChI is InChI=1S/C46H32O4P2/c47-45(48)39-29-41(51(31-17-5-1-6-18-31)32-19-7-2-8-20-32)43(37-27-15-13-25-35(37)39)44-38-28-16-14-26-36(38)40(46(49)50)30-42(44)52(33-21-9-3-10-22-33)34-23-11-4-12-24-34/h1-30H,(H,47,48)(H,49,50). The van der Waals surface area contributed by atoms with Gasteiger partial charge in [0.2, 0.25) is 0 Å². The van der Waals surface area contributed by atoms with Gasteiger partial charge in [-0.2, -0.15) is 0 Å². The van der Waals surface area contributed by atoms with Gasteiger partial charge in [0.05, 0.1) is 11.1 Å². The second-order valence-electron chi connectivity index (χ2n) is 12.4. The van der Waals surface area contributed by atoms with Crippen molar-refractivity contribution in [3.8, 4) is 11.1 Å². The fourth-order valence-electron chi connectivity index (χ4n) is 7.12. The lowest BCUT2D eigenvalue weighted by Gasteiger charge is -2.29. The van der Waals surface area contributed by atoms with Crippen molar-refractivity contribution in [3.63, 3.8) is 0 Å². The van der Waals surface area contributed by atoms with Crippen LogP contribution in [0.2, 0.25) is 0 Å². The molecule has 8 aromatic carbocycles. The summed E-state index contributed by atoms with van der Waals surface area (Å²) in [5, 5.41) is 30.5. The molecule has 4 nitrogen and oxygen atoms in total. The summed E-state index contributed by atoms with van der Waals surface area (Å²) in [4.78, 5) is 26.3. The quantitative estimate of drug-likeness (QED) is 0.147. The lowest BCUT2D eigenvalue weighted by Crippen LogP contribution is -2.27. The highest BCUT2D eigenvalue weighted by molar-refractivity contribution is 7.80. The van der Waals surface area contributed by atoms with Crippen LogP contribution < -0.4 is 31.8 Å². The number of fused-ring (bicyclic) bond motifs is 2. The van der Waals surface area contributed by atoms with E-state index in [4.69, 9.17) is 0 Å². The minimum atomic E-state index is -1.29. The molecule has 8 aromatic rings. The SMILES string of the molecule is O=C(O)c1cc(P(c2ccccc2)c2ccccc2)c(-c2c(P(c3ccccc3)c3ccccc3)cc(C(=O)O)c3ccccc23)c2ccccc12. The van der Waals surface area contributed by atoms with Crippen LogP contribution in [0.1, 0.15) is 20.7 Å².